The van der Waals surface area contributed by atoms with Crippen molar-refractivity contribution in [2.24, 2.45) is 0 Å². The highest BCUT2D eigenvalue weighted by molar-refractivity contribution is 7.08. The molecule has 0 unspecified atom stereocenters. The summed E-state index contributed by atoms with van der Waals surface area (Å²) in [7, 11) is 1.35. The van der Waals surface area contributed by atoms with Crippen LogP contribution in [-0.4, -0.2) is 28.0 Å². The van der Waals surface area contributed by atoms with Gasteiger partial charge in [-0.3, -0.25) is 0 Å². The van der Waals surface area contributed by atoms with Gasteiger partial charge in [0.2, 0.25) is 0 Å². The van der Waals surface area contributed by atoms with E-state index in [1.54, 1.807) is 23.6 Å². The van der Waals surface area contributed by atoms with Crippen LogP contribution < -0.4 is 0 Å². The van der Waals surface area contributed by atoms with Gasteiger partial charge >= 0.3 is 5.97 Å². The van der Waals surface area contributed by atoms with Gasteiger partial charge in [-0.15, -0.1) is 0 Å². The Morgan fingerprint density at radius 2 is 2.33 bits per heavy atom. The molecule has 18 heavy (non-hydrogen) atoms. The Hall–Kier alpha value is -2.21. The van der Waals surface area contributed by atoms with E-state index in [0.717, 1.165) is 5.56 Å². The lowest BCUT2D eigenvalue weighted by molar-refractivity contribution is 0.0602. The van der Waals surface area contributed by atoms with Crippen LogP contribution in [0.5, 0.6) is 0 Å². The predicted molar refractivity (Wildman–Crippen MR) is 68.5 cm³/mol. The molecule has 90 valence electrons. The van der Waals surface area contributed by atoms with Gasteiger partial charge in [0.05, 0.1) is 12.7 Å². The van der Waals surface area contributed by atoms with Crippen LogP contribution in [0.15, 0.2) is 29.1 Å². The summed E-state index contributed by atoms with van der Waals surface area (Å²) in [6.07, 6.45) is 1.56. The Morgan fingerprint density at radius 3 is 3.06 bits per heavy atom. The molecule has 0 fully saturated rings. The number of carbonyl (C=O) groups is 1. The molecule has 0 radical (unpaired) electrons. The normalized spacial score (nSPS) is 10.7. The third kappa shape index (κ3) is 1.67. The minimum Gasteiger partial charge on any atom is -0.465 e. The number of H-pyrrole nitrogens is 1. The zero-order valence-corrected chi connectivity index (χ0v) is 10.3. The molecule has 6 heteroatoms. The van der Waals surface area contributed by atoms with Crippen LogP contribution in [0.25, 0.3) is 22.6 Å². The monoisotopic (exact) mass is 259 g/mol. The number of nitrogens with one attached hydrogen (secondary N) is 1. The maximum absolute atomic E-state index is 11.6. The van der Waals surface area contributed by atoms with Crippen molar-refractivity contribution in [1.29, 1.82) is 0 Å². The fourth-order valence-electron chi connectivity index (χ4n) is 1.72. The predicted octanol–water partition coefficient (Wildman–Crippen LogP) is 2.47. The zero-order valence-electron chi connectivity index (χ0n) is 9.51. The van der Waals surface area contributed by atoms with Crippen molar-refractivity contribution >= 4 is 28.5 Å². The summed E-state index contributed by atoms with van der Waals surface area (Å²) in [5.41, 5.74) is 2.51. The molecule has 5 nitrogen and oxygen atoms in total. The molecule has 0 aliphatic rings. The molecule has 0 spiro atoms. The summed E-state index contributed by atoms with van der Waals surface area (Å²) in [4.78, 5) is 23.3. The fourth-order valence-corrected chi connectivity index (χ4v) is 2.36. The minimum atomic E-state index is -0.411. The Labute approximate surface area is 106 Å². The van der Waals surface area contributed by atoms with Gasteiger partial charge < -0.3 is 9.72 Å². The maximum Gasteiger partial charge on any atom is 0.340 e. The number of fused-ring (bicyclic) bond motifs is 1. The second kappa shape index (κ2) is 4.23. The minimum absolute atomic E-state index is 0.411. The van der Waals surface area contributed by atoms with Crippen LogP contribution in [0, 0.1) is 0 Å². The first-order valence-electron chi connectivity index (χ1n) is 5.25. The Morgan fingerprint density at radius 1 is 1.44 bits per heavy atom. The molecule has 3 aromatic rings. The highest BCUT2D eigenvalue weighted by Crippen LogP contribution is 2.23. The maximum atomic E-state index is 11.6. The topological polar surface area (TPSA) is 67.9 Å². The van der Waals surface area contributed by atoms with Crippen molar-refractivity contribution in [3.63, 3.8) is 0 Å². The van der Waals surface area contributed by atoms with Gasteiger partial charge in [0.15, 0.2) is 5.65 Å². The van der Waals surface area contributed by atoms with Crippen LogP contribution in [0.4, 0.5) is 0 Å². The molecule has 3 rings (SSSR count). The molecular formula is C12H9N3O2S. The zero-order chi connectivity index (χ0) is 12.5. The van der Waals surface area contributed by atoms with Gasteiger partial charge in [-0.1, -0.05) is 0 Å². The van der Waals surface area contributed by atoms with Crippen LogP contribution >= 0.6 is 11.3 Å². The second-order valence-electron chi connectivity index (χ2n) is 3.64. The van der Waals surface area contributed by atoms with E-state index in [9.17, 15) is 4.79 Å². The SMILES string of the molecule is COC(=O)c1ccnc2[nH]c(-c3ccsc3)nc12. The number of pyridine rings is 1. The number of aromatic amines is 1. The standard InChI is InChI=1S/C12H9N3O2S/c1-17-12(16)8-2-4-13-11-9(8)14-10(15-11)7-3-5-18-6-7/h2-6H,1H3,(H,13,14,15). The van der Waals surface area contributed by atoms with Crippen molar-refractivity contribution < 1.29 is 9.53 Å². The molecule has 0 aliphatic heterocycles. The third-order valence-corrected chi connectivity index (χ3v) is 3.27. The van der Waals surface area contributed by atoms with E-state index in [1.165, 1.54) is 7.11 Å². The lowest BCUT2D eigenvalue weighted by atomic mass is 10.2. The number of ether oxygens (including phenoxy) is 1. The first-order valence-corrected chi connectivity index (χ1v) is 6.19. The van der Waals surface area contributed by atoms with E-state index in [1.807, 2.05) is 16.8 Å². The highest BCUT2D eigenvalue weighted by Gasteiger charge is 2.15. The van der Waals surface area contributed by atoms with E-state index in [4.69, 9.17) is 4.74 Å². The van der Waals surface area contributed by atoms with Gasteiger partial charge in [0.25, 0.3) is 0 Å². The molecule has 0 saturated carbocycles. The van der Waals surface area contributed by atoms with Crippen LogP contribution in [0.3, 0.4) is 0 Å². The van der Waals surface area contributed by atoms with Crippen molar-refractivity contribution in [3.05, 3.63) is 34.7 Å². The first kappa shape index (κ1) is 10.9. The van der Waals surface area contributed by atoms with E-state index in [-0.39, 0.29) is 0 Å². The number of hydrogen-bond acceptors (Lipinski definition) is 5. The third-order valence-electron chi connectivity index (χ3n) is 2.58. The highest BCUT2D eigenvalue weighted by atomic mass is 32.1. The van der Waals surface area contributed by atoms with Gasteiger partial charge in [0.1, 0.15) is 11.3 Å². The number of esters is 1. The molecule has 3 heterocycles. The summed E-state index contributed by atoms with van der Waals surface area (Å²) >= 11 is 1.59. The van der Waals surface area contributed by atoms with Gasteiger partial charge in [-0.2, -0.15) is 11.3 Å². The molecule has 0 aromatic carbocycles. The number of thiophene rings is 1. The number of rotatable bonds is 2. The van der Waals surface area contributed by atoms with E-state index >= 15 is 0 Å². The van der Waals surface area contributed by atoms with E-state index in [0.29, 0.717) is 22.6 Å². The molecule has 0 atom stereocenters. The summed E-state index contributed by atoms with van der Waals surface area (Å²) in [6.45, 7) is 0. The summed E-state index contributed by atoms with van der Waals surface area (Å²) in [5.74, 6) is 0.292. The Kier molecular flexibility index (Phi) is 2.56. The lowest BCUT2D eigenvalue weighted by Gasteiger charge is -1.97. The first-order chi connectivity index (χ1) is 8.79. The molecule has 0 saturated heterocycles. The largest absolute Gasteiger partial charge is 0.465 e. The Bertz CT molecular complexity index is 703. The van der Waals surface area contributed by atoms with Gasteiger partial charge in [-0.25, -0.2) is 14.8 Å². The average molecular weight is 259 g/mol. The smallest absolute Gasteiger partial charge is 0.340 e. The fraction of sp³-hybridized carbons (Fsp3) is 0.0833. The van der Waals surface area contributed by atoms with Crippen LogP contribution in [0.1, 0.15) is 10.4 Å². The van der Waals surface area contributed by atoms with E-state index < -0.39 is 5.97 Å². The molecule has 1 N–H and O–H groups in total. The van der Waals surface area contributed by atoms with Gasteiger partial charge in [0, 0.05) is 17.1 Å². The quantitative estimate of drug-likeness (QED) is 0.718. The summed E-state index contributed by atoms with van der Waals surface area (Å²) in [5, 5.41) is 3.95. The van der Waals surface area contributed by atoms with Crippen molar-refractivity contribution in [2.75, 3.05) is 7.11 Å². The van der Waals surface area contributed by atoms with Crippen LogP contribution in [0.2, 0.25) is 0 Å². The molecule has 3 aromatic heterocycles. The number of imidazole rings is 1. The Balaban J connectivity index is 2.20. The van der Waals surface area contributed by atoms with Crippen LogP contribution in [-0.2, 0) is 4.74 Å². The number of aromatic nitrogens is 3. The summed E-state index contributed by atoms with van der Waals surface area (Å²) < 4.78 is 4.73. The van der Waals surface area contributed by atoms with E-state index in [2.05, 4.69) is 15.0 Å². The summed E-state index contributed by atoms with van der Waals surface area (Å²) in [6, 6.07) is 3.56. The molecule has 0 aliphatic carbocycles. The van der Waals surface area contributed by atoms with Crippen molar-refractivity contribution in [2.45, 2.75) is 0 Å². The lowest BCUT2D eigenvalue weighted by Crippen LogP contribution is -2.02. The average Bonchev–Trinajstić information content (AvgIpc) is 3.04. The number of nitrogens with zero attached hydrogens (tertiary/aromatic N) is 2. The van der Waals surface area contributed by atoms with Crippen molar-refractivity contribution in [1.82, 2.24) is 15.0 Å². The number of methoxy groups -OCH3 is 1. The number of carbonyl (C=O) groups excluding carboxylic acids is 1. The molecular weight excluding hydrogens is 250 g/mol. The van der Waals surface area contributed by atoms with Crippen molar-refractivity contribution in [3.8, 4) is 11.4 Å². The number of hydrogen-bond donors (Lipinski definition) is 1. The van der Waals surface area contributed by atoms with Gasteiger partial charge in [-0.05, 0) is 17.5 Å². The second-order valence-corrected chi connectivity index (χ2v) is 4.42. The molecule has 0 bridgehead atoms. The molecule has 0 amide bonds.